The SMILES string of the molecule is CN(C)C(=O)CN=C(NCCc1ccco1)N(C)CC1CCOCC1.I. The van der Waals surface area contributed by atoms with Gasteiger partial charge in [0.2, 0.25) is 5.91 Å². The van der Waals surface area contributed by atoms with Crippen LogP contribution in [0.1, 0.15) is 18.6 Å². The zero-order chi connectivity index (χ0) is 18.1. The Hall–Kier alpha value is -1.29. The minimum Gasteiger partial charge on any atom is -0.469 e. The highest BCUT2D eigenvalue weighted by atomic mass is 127. The van der Waals surface area contributed by atoms with Crippen molar-refractivity contribution in [2.75, 3.05) is 54.0 Å². The number of rotatable bonds is 7. The number of nitrogens with zero attached hydrogens (tertiary/aromatic N) is 3. The molecule has 1 aromatic heterocycles. The van der Waals surface area contributed by atoms with Gasteiger partial charge >= 0.3 is 0 Å². The third-order valence-electron chi connectivity index (χ3n) is 4.33. The summed E-state index contributed by atoms with van der Waals surface area (Å²) >= 11 is 0. The van der Waals surface area contributed by atoms with Crippen molar-refractivity contribution >= 4 is 35.8 Å². The fraction of sp³-hybridized carbons (Fsp3) is 0.667. The van der Waals surface area contributed by atoms with E-state index in [1.54, 1.807) is 25.3 Å². The topological polar surface area (TPSA) is 70.3 Å². The van der Waals surface area contributed by atoms with Crippen molar-refractivity contribution in [3.05, 3.63) is 24.2 Å². The molecule has 0 aromatic carbocycles. The van der Waals surface area contributed by atoms with Crippen LogP contribution in [0.2, 0.25) is 0 Å². The minimum atomic E-state index is -0.00944. The zero-order valence-electron chi connectivity index (χ0n) is 15.9. The van der Waals surface area contributed by atoms with Crippen LogP contribution in [-0.2, 0) is 16.0 Å². The zero-order valence-corrected chi connectivity index (χ0v) is 18.3. The Balaban J connectivity index is 0.00000338. The first kappa shape index (κ1) is 22.8. The Bertz CT molecular complexity index is 543. The molecule has 148 valence electrons. The first-order chi connectivity index (χ1) is 12.1. The van der Waals surface area contributed by atoms with Gasteiger partial charge in [-0.3, -0.25) is 4.79 Å². The van der Waals surface area contributed by atoms with Crippen LogP contribution in [-0.4, -0.2) is 75.7 Å². The average Bonchev–Trinajstić information content (AvgIpc) is 3.11. The minimum absolute atomic E-state index is 0. The van der Waals surface area contributed by atoms with Gasteiger partial charge in [-0.2, -0.15) is 0 Å². The van der Waals surface area contributed by atoms with Crippen molar-refractivity contribution in [3.8, 4) is 0 Å². The van der Waals surface area contributed by atoms with Gasteiger partial charge in [0.1, 0.15) is 12.3 Å². The second-order valence-electron chi connectivity index (χ2n) is 6.62. The first-order valence-electron chi connectivity index (χ1n) is 8.86. The van der Waals surface area contributed by atoms with E-state index in [9.17, 15) is 4.79 Å². The highest BCUT2D eigenvalue weighted by Gasteiger charge is 2.18. The smallest absolute Gasteiger partial charge is 0.243 e. The average molecular weight is 478 g/mol. The molecule has 0 unspecified atom stereocenters. The summed E-state index contributed by atoms with van der Waals surface area (Å²) in [5.41, 5.74) is 0. The van der Waals surface area contributed by atoms with Crippen LogP contribution < -0.4 is 5.32 Å². The number of nitrogens with one attached hydrogen (secondary N) is 1. The number of likely N-dealkylation sites (N-methyl/N-ethyl adjacent to an activating group) is 1. The van der Waals surface area contributed by atoms with Gasteiger partial charge in [0, 0.05) is 53.9 Å². The molecular weight excluding hydrogens is 447 g/mol. The molecule has 1 amide bonds. The van der Waals surface area contributed by atoms with E-state index in [4.69, 9.17) is 9.15 Å². The fourth-order valence-electron chi connectivity index (χ4n) is 2.75. The third-order valence-corrected chi connectivity index (χ3v) is 4.33. The van der Waals surface area contributed by atoms with Crippen molar-refractivity contribution in [1.82, 2.24) is 15.1 Å². The largest absolute Gasteiger partial charge is 0.469 e. The number of carbonyl (C=O) groups is 1. The second kappa shape index (κ2) is 12.2. The van der Waals surface area contributed by atoms with Gasteiger partial charge in [0.15, 0.2) is 5.96 Å². The van der Waals surface area contributed by atoms with E-state index in [1.165, 1.54) is 0 Å². The predicted octanol–water partition coefficient (Wildman–Crippen LogP) is 1.83. The van der Waals surface area contributed by atoms with Gasteiger partial charge in [0.25, 0.3) is 0 Å². The maximum Gasteiger partial charge on any atom is 0.243 e. The molecule has 0 saturated carbocycles. The van der Waals surface area contributed by atoms with Crippen molar-refractivity contribution in [2.24, 2.45) is 10.9 Å². The number of hydrogen-bond donors (Lipinski definition) is 1. The Labute approximate surface area is 173 Å². The van der Waals surface area contributed by atoms with Gasteiger partial charge in [-0.15, -0.1) is 24.0 Å². The highest BCUT2D eigenvalue weighted by molar-refractivity contribution is 14.0. The summed E-state index contributed by atoms with van der Waals surface area (Å²) in [7, 11) is 5.51. The second-order valence-corrected chi connectivity index (χ2v) is 6.62. The van der Waals surface area contributed by atoms with Crippen LogP contribution in [0.15, 0.2) is 27.8 Å². The number of hydrogen-bond acceptors (Lipinski definition) is 4. The lowest BCUT2D eigenvalue weighted by Crippen LogP contribution is -2.43. The molecule has 1 fully saturated rings. The van der Waals surface area contributed by atoms with E-state index >= 15 is 0 Å². The fourth-order valence-corrected chi connectivity index (χ4v) is 2.75. The number of furan rings is 1. The van der Waals surface area contributed by atoms with E-state index in [2.05, 4.69) is 15.2 Å². The molecule has 0 atom stereocenters. The van der Waals surface area contributed by atoms with Gasteiger partial charge in [-0.1, -0.05) is 0 Å². The molecule has 8 heteroatoms. The number of ether oxygens (including phenoxy) is 1. The van der Waals surface area contributed by atoms with Gasteiger partial charge < -0.3 is 24.3 Å². The van der Waals surface area contributed by atoms with Crippen molar-refractivity contribution in [3.63, 3.8) is 0 Å². The number of aliphatic imine (C=N–C) groups is 1. The Kier molecular flexibility index (Phi) is 10.6. The molecule has 1 aliphatic heterocycles. The number of amides is 1. The molecule has 0 aliphatic carbocycles. The van der Waals surface area contributed by atoms with Gasteiger partial charge in [0.05, 0.1) is 6.26 Å². The monoisotopic (exact) mass is 478 g/mol. The standard InChI is InChI=1S/C18H30N4O3.HI/c1-21(2)17(23)13-20-18(19-9-6-16-5-4-10-25-16)22(3)14-15-7-11-24-12-8-15;/h4-5,10,15H,6-9,11-14H2,1-3H3,(H,19,20);1H. The Morgan fingerprint density at radius 2 is 2.04 bits per heavy atom. The maximum absolute atomic E-state index is 11.9. The molecule has 0 spiro atoms. The van der Waals surface area contributed by atoms with E-state index in [0.717, 1.165) is 50.7 Å². The Morgan fingerprint density at radius 3 is 2.65 bits per heavy atom. The molecule has 1 saturated heterocycles. The maximum atomic E-state index is 11.9. The van der Waals surface area contributed by atoms with Crippen molar-refractivity contribution in [1.29, 1.82) is 0 Å². The van der Waals surface area contributed by atoms with Gasteiger partial charge in [-0.05, 0) is 30.9 Å². The van der Waals surface area contributed by atoms with Crippen molar-refractivity contribution in [2.45, 2.75) is 19.3 Å². The lowest BCUT2D eigenvalue weighted by molar-refractivity contribution is -0.127. The summed E-state index contributed by atoms with van der Waals surface area (Å²) in [5, 5.41) is 3.36. The highest BCUT2D eigenvalue weighted by Crippen LogP contribution is 2.15. The summed E-state index contributed by atoms with van der Waals surface area (Å²) in [6.07, 6.45) is 4.59. The van der Waals surface area contributed by atoms with E-state index < -0.39 is 0 Å². The number of halogens is 1. The molecule has 0 radical (unpaired) electrons. The summed E-state index contributed by atoms with van der Waals surface area (Å²) in [4.78, 5) is 20.0. The van der Waals surface area contributed by atoms with Crippen LogP contribution in [0.5, 0.6) is 0 Å². The van der Waals surface area contributed by atoms with Gasteiger partial charge in [-0.25, -0.2) is 4.99 Å². The summed E-state index contributed by atoms with van der Waals surface area (Å²) < 4.78 is 10.8. The summed E-state index contributed by atoms with van der Waals surface area (Å²) in [5.74, 6) is 2.28. The van der Waals surface area contributed by atoms with Crippen LogP contribution in [0, 0.1) is 5.92 Å². The lowest BCUT2D eigenvalue weighted by atomic mass is 10.00. The number of guanidine groups is 1. The third kappa shape index (κ3) is 7.94. The molecule has 1 N–H and O–H groups in total. The van der Waals surface area contributed by atoms with E-state index in [0.29, 0.717) is 12.5 Å². The van der Waals surface area contributed by atoms with Crippen LogP contribution in [0.25, 0.3) is 0 Å². The molecule has 2 rings (SSSR count). The molecule has 0 bridgehead atoms. The summed E-state index contributed by atoms with van der Waals surface area (Å²) in [6.45, 7) is 3.42. The quantitative estimate of drug-likeness (QED) is 0.368. The normalized spacial score (nSPS) is 15.3. The summed E-state index contributed by atoms with van der Waals surface area (Å²) in [6, 6.07) is 3.84. The molecule has 7 nitrogen and oxygen atoms in total. The number of carbonyl (C=O) groups excluding carboxylic acids is 1. The van der Waals surface area contributed by atoms with Crippen LogP contribution >= 0.6 is 24.0 Å². The Morgan fingerprint density at radius 1 is 1.31 bits per heavy atom. The first-order valence-corrected chi connectivity index (χ1v) is 8.86. The lowest BCUT2D eigenvalue weighted by Gasteiger charge is -2.29. The molecular formula is C18H31IN4O3. The molecule has 2 heterocycles. The van der Waals surface area contributed by atoms with Crippen LogP contribution in [0.3, 0.4) is 0 Å². The molecule has 26 heavy (non-hydrogen) atoms. The van der Waals surface area contributed by atoms with Crippen LogP contribution in [0.4, 0.5) is 0 Å². The molecule has 1 aromatic rings. The van der Waals surface area contributed by atoms with Crippen molar-refractivity contribution < 1.29 is 13.9 Å². The molecule has 1 aliphatic rings. The van der Waals surface area contributed by atoms with E-state index in [-0.39, 0.29) is 36.4 Å². The predicted molar refractivity (Wildman–Crippen MR) is 113 cm³/mol. The van der Waals surface area contributed by atoms with E-state index in [1.807, 2.05) is 19.2 Å².